The van der Waals surface area contributed by atoms with Gasteiger partial charge in [-0.15, -0.1) is 0 Å². The number of aryl methyl sites for hydroxylation is 1. The molecule has 0 saturated heterocycles. The standard InChI is InChI=1S/C9H7ClF2O3/c1-5-4-6(2-3-7(5)10)15-9(11,12)8(13)14/h2-4H,1H3,(H,13,14). The van der Waals surface area contributed by atoms with E-state index in [-0.39, 0.29) is 5.75 Å². The lowest BCUT2D eigenvalue weighted by atomic mass is 10.2. The van der Waals surface area contributed by atoms with Gasteiger partial charge in [-0.25, -0.2) is 4.79 Å². The number of ether oxygens (including phenoxy) is 1. The van der Waals surface area contributed by atoms with Gasteiger partial charge < -0.3 is 9.84 Å². The fraction of sp³-hybridized carbons (Fsp3) is 0.222. The highest BCUT2D eigenvalue weighted by molar-refractivity contribution is 6.31. The Morgan fingerprint density at radius 1 is 1.53 bits per heavy atom. The second-order valence-corrected chi connectivity index (χ2v) is 3.24. The van der Waals surface area contributed by atoms with Gasteiger partial charge in [0.05, 0.1) is 0 Å². The quantitative estimate of drug-likeness (QED) is 0.878. The van der Waals surface area contributed by atoms with Gasteiger partial charge in [0.2, 0.25) is 0 Å². The third kappa shape index (κ3) is 2.79. The van der Waals surface area contributed by atoms with E-state index in [9.17, 15) is 13.6 Å². The molecule has 0 bridgehead atoms. The first-order valence-electron chi connectivity index (χ1n) is 3.89. The summed E-state index contributed by atoms with van der Waals surface area (Å²) in [5.41, 5.74) is 0.523. The highest BCUT2D eigenvalue weighted by Crippen LogP contribution is 2.26. The van der Waals surface area contributed by atoms with Crippen LogP contribution in [-0.2, 0) is 4.79 Å². The number of carboxylic acids is 1. The first kappa shape index (κ1) is 11.7. The van der Waals surface area contributed by atoms with Gasteiger partial charge in [0.1, 0.15) is 5.75 Å². The number of rotatable bonds is 3. The Bertz CT molecular complexity index is 393. The van der Waals surface area contributed by atoms with Crippen LogP contribution >= 0.6 is 11.6 Å². The predicted molar refractivity (Wildman–Crippen MR) is 49.4 cm³/mol. The van der Waals surface area contributed by atoms with E-state index in [0.717, 1.165) is 0 Å². The number of halogens is 3. The summed E-state index contributed by atoms with van der Waals surface area (Å²) in [6.45, 7) is 1.59. The Morgan fingerprint density at radius 3 is 2.60 bits per heavy atom. The van der Waals surface area contributed by atoms with Crippen LogP contribution in [0.4, 0.5) is 8.78 Å². The van der Waals surface area contributed by atoms with Gasteiger partial charge >= 0.3 is 12.1 Å². The second-order valence-electron chi connectivity index (χ2n) is 2.83. The summed E-state index contributed by atoms with van der Waals surface area (Å²) in [5, 5.41) is 8.52. The minimum Gasteiger partial charge on any atom is -0.474 e. The van der Waals surface area contributed by atoms with Gasteiger partial charge in [-0.2, -0.15) is 8.78 Å². The first-order valence-corrected chi connectivity index (χ1v) is 4.27. The molecule has 0 atom stereocenters. The molecule has 0 amide bonds. The van der Waals surface area contributed by atoms with Crippen molar-refractivity contribution in [3.63, 3.8) is 0 Å². The third-order valence-electron chi connectivity index (χ3n) is 1.62. The molecular weight excluding hydrogens is 230 g/mol. The van der Waals surface area contributed by atoms with Crippen molar-refractivity contribution >= 4 is 17.6 Å². The summed E-state index contributed by atoms with van der Waals surface area (Å²) < 4.78 is 29.2. The number of aliphatic carboxylic acids is 1. The van der Waals surface area contributed by atoms with Crippen LogP contribution < -0.4 is 4.74 Å². The molecule has 0 aliphatic rings. The van der Waals surface area contributed by atoms with Crippen molar-refractivity contribution in [2.75, 3.05) is 0 Å². The number of alkyl halides is 2. The highest BCUT2D eigenvalue weighted by Gasteiger charge is 2.42. The normalized spacial score (nSPS) is 11.2. The van der Waals surface area contributed by atoms with Crippen LogP contribution in [0.5, 0.6) is 5.75 Å². The van der Waals surface area contributed by atoms with Crippen LogP contribution in [0.15, 0.2) is 18.2 Å². The molecule has 1 N–H and O–H groups in total. The van der Waals surface area contributed by atoms with Gasteiger partial charge in [-0.3, -0.25) is 0 Å². The molecule has 0 aromatic heterocycles. The molecule has 0 heterocycles. The average molecular weight is 237 g/mol. The molecule has 1 aromatic carbocycles. The fourth-order valence-electron chi connectivity index (χ4n) is 0.872. The number of hydrogen-bond acceptors (Lipinski definition) is 2. The number of benzene rings is 1. The van der Waals surface area contributed by atoms with E-state index >= 15 is 0 Å². The van der Waals surface area contributed by atoms with E-state index < -0.39 is 12.1 Å². The summed E-state index contributed by atoms with van der Waals surface area (Å²) in [6.07, 6.45) is -4.24. The Morgan fingerprint density at radius 2 is 2.13 bits per heavy atom. The molecule has 6 heteroatoms. The van der Waals surface area contributed by atoms with Gasteiger partial charge in [-0.05, 0) is 30.7 Å². The zero-order valence-electron chi connectivity index (χ0n) is 7.63. The van der Waals surface area contributed by atoms with E-state index in [0.29, 0.717) is 10.6 Å². The van der Waals surface area contributed by atoms with Crippen molar-refractivity contribution in [1.29, 1.82) is 0 Å². The average Bonchev–Trinajstić information content (AvgIpc) is 2.10. The Kier molecular flexibility index (Phi) is 3.14. The number of carbonyl (C=O) groups is 1. The first-order chi connectivity index (χ1) is 6.83. The summed E-state index contributed by atoms with van der Waals surface area (Å²) in [7, 11) is 0. The molecule has 0 spiro atoms. The van der Waals surface area contributed by atoms with Crippen molar-refractivity contribution < 1.29 is 23.4 Å². The van der Waals surface area contributed by atoms with E-state index in [1.807, 2.05) is 0 Å². The van der Waals surface area contributed by atoms with Crippen molar-refractivity contribution in [1.82, 2.24) is 0 Å². The van der Waals surface area contributed by atoms with Crippen LogP contribution in [-0.4, -0.2) is 17.2 Å². The number of hydrogen-bond donors (Lipinski definition) is 1. The molecule has 15 heavy (non-hydrogen) atoms. The summed E-state index contributed by atoms with van der Waals surface area (Å²) in [4.78, 5) is 10.1. The van der Waals surface area contributed by atoms with Crippen molar-refractivity contribution in [3.05, 3.63) is 28.8 Å². The fourth-order valence-corrected chi connectivity index (χ4v) is 0.990. The topological polar surface area (TPSA) is 46.5 Å². The van der Waals surface area contributed by atoms with Gasteiger partial charge in [0.15, 0.2) is 0 Å². The van der Waals surface area contributed by atoms with E-state index in [1.165, 1.54) is 18.2 Å². The SMILES string of the molecule is Cc1cc(OC(F)(F)C(=O)O)ccc1Cl. The zero-order chi connectivity index (χ0) is 11.6. The zero-order valence-corrected chi connectivity index (χ0v) is 8.39. The van der Waals surface area contributed by atoms with Crippen LogP contribution in [0.1, 0.15) is 5.56 Å². The van der Waals surface area contributed by atoms with Gasteiger partial charge in [0, 0.05) is 5.02 Å². The maximum atomic E-state index is 12.6. The molecule has 1 aromatic rings. The molecule has 0 aliphatic carbocycles. The lowest BCUT2D eigenvalue weighted by Crippen LogP contribution is -2.34. The highest BCUT2D eigenvalue weighted by atomic mass is 35.5. The molecule has 0 radical (unpaired) electrons. The minimum atomic E-state index is -4.24. The summed E-state index contributed by atoms with van der Waals surface area (Å²) in [5.74, 6) is -2.58. The monoisotopic (exact) mass is 236 g/mol. The number of carboxylic acid groups (broad SMARTS) is 1. The van der Waals surface area contributed by atoms with E-state index in [2.05, 4.69) is 4.74 Å². The Labute approximate surface area is 89.2 Å². The van der Waals surface area contributed by atoms with Crippen molar-refractivity contribution in [2.24, 2.45) is 0 Å². The van der Waals surface area contributed by atoms with Gasteiger partial charge in [0.25, 0.3) is 0 Å². The minimum absolute atomic E-state index is 0.246. The Hall–Kier alpha value is -1.36. The second kappa shape index (κ2) is 4.02. The Balaban J connectivity index is 2.91. The molecule has 0 aliphatic heterocycles. The summed E-state index contributed by atoms with van der Waals surface area (Å²) in [6, 6.07) is 3.76. The maximum absolute atomic E-state index is 12.6. The van der Waals surface area contributed by atoms with Crippen LogP contribution in [0.2, 0.25) is 5.02 Å². The third-order valence-corrected chi connectivity index (χ3v) is 2.05. The van der Waals surface area contributed by atoms with Crippen LogP contribution in [0, 0.1) is 6.92 Å². The van der Waals surface area contributed by atoms with E-state index in [1.54, 1.807) is 6.92 Å². The van der Waals surface area contributed by atoms with Crippen LogP contribution in [0.25, 0.3) is 0 Å². The molecule has 0 saturated carbocycles. The molecule has 82 valence electrons. The smallest absolute Gasteiger partial charge is 0.474 e. The summed E-state index contributed by atoms with van der Waals surface area (Å²) >= 11 is 5.66. The largest absolute Gasteiger partial charge is 0.501 e. The molecule has 0 fully saturated rings. The molecule has 1 rings (SSSR count). The molecule has 3 nitrogen and oxygen atoms in total. The maximum Gasteiger partial charge on any atom is 0.501 e. The lowest BCUT2D eigenvalue weighted by molar-refractivity contribution is -0.210. The lowest BCUT2D eigenvalue weighted by Gasteiger charge is -2.13. The molecular formula is C9H7ClF2O3. The molecule has 0 unspecified atom stereocenters. The van der Waals surface area contributed by atoms with Crippen LogP contribution in [0.3, 0.4) is 0 Å². The van der Waals surface area contributed by atoms with Crippen molar-refractivity contribution in [3.8, 4) is 5.75 Å². The van der Waals surface area contributed by atoms with Crippen molar-refractivity contribution in [2.45, 2.75) is 13.0 Å². The predicted octanol–water partition coefficient (Wildman–Crippen LogP) is 2.70. The van der Waals surface area contributed by atoms with E-state index in [4.69, 9.17) is 16.7 Å². The van der Waals surface area contributed by atoms with Gasteiger partial charge in [-0.1, -0.05) is 11.6 Å².